The van der Waals surface area contributed by atoms with Crippen molar-refractivity contribution in [1.82, 2.24) is 15.2 Å². The van der Waals surface area contributed by atoms with Gasteiger partial charge in [-0.1, -0.05) is 6.92 Å². The molecule has 0 aliphatic carbocycles. The van der Waals surface area contributed by atoms with Gasteiger partial charge in [0.05, 0.1) is 0 Å². The van der Waals surface area contributed by atoms with Crippen LogP contribution in [0.4, 0.5) is 0 Å². The molecule has 1 fully saturated rings. The highest BCUT2D eigenvalue weighted by Gasteiger charge is 2.23. The van der Waals surface area contributed by atoms with Gasteiger partial charge in [-0.05, 0) is 25.9 Å². The highest BCUT2D eigenvalue weighted by molar-refractivity contribution is 7.09. The first-order valence-corrected chi connectivity index (χ1v) is 7.29. The smallest absolute Gasteiger partial charge is 0.270 e. The van der Waals surface area contributed by atoms with Crippen molar-refractivity contribution in [2.45, 2.75) is 32.4 Å². The van der Waals surface area contributed by atoms with E-state index in [4.69, 9.17) is 5.73 Å². The number of nitrogens with zero attached hydrogens (tertiary/aromatic N) is 2. The number of likely N-dealkylation sites (tertiary alicyclic amines) is 1. The Morgan fingerprint density at radius 3 is 3.22 bits per heavy atom. The Morgan fingerprint density at radius 2 is 2.56 bits per heavy atom. The van der Waals surface area contributed by atoms with Gasteiger partial charge in [0.1, 0.15) is 10.7 Å². The zero-order chi connectivity index (χ0) is 13.0. The number of rotatable bonds is 5. The Labute approximate surface area is 111 Å². The van der Waals surface area contributed by atoms with Crippen LogP contribution in [0, 0.1) is 0 Å². The first-order chi connectivity index (χ1) is 8.74. The summed E-state index contributed by atoms with van der Waals surface area (Å²) in [5.41, 5.74) is 5.97. The quantitative estimate of drug-likeness (QED) is 0.829. The molecule has 2 heterocycles. The average Bonchev–Trinajstić information content (AvgIpc) is 3.04. The summed E-state index contributed by atoms with van der Waals surface area (Å²) in [6.45, 7) is 5.46. The predicted molar refractivity (Wildman–Crippen MR) is 72.6 cm³/mol. The monoisotopic (exact) mass is 268 g/mol. The van der Waals surface area contributed by atoms with Gasteiger partial charge in [0.25, 0.3) is 5.91 Å². The lowest BCUT2D eigenvalue weighted by molar-refractivity contribution is 0.0937. The van der Waals surface area contributed by atoms with Crippen LogP contribution in [0.25, 0.3) is 0 Å². The molecule has 5 nitrogen and oxygen atoms in total. The fourth-order valence-corrected chi connectivity index (χ4v) is 3.01. The first-order valence-electron chi connectivity index (χ1n) is 6.41. The second-order valence-electron chi connectivity index (χ2n) is 4.47. The fraction of sp³-hybridized carbons (Fsp3) is 0.667. The van der Waals surface area contributed by atoms with Crippen molar-refractivity contribution < 1.29 is 4.79 Å². The molecule has 0 bridgehead atoms. The van der Waals surface area contributed by atoms with Crippen LogP contribution in [0.3, 0.4) is 0 Å². The van der Waals surface area contributed by atoms with Gasteiger partial charge >= 0.3 is 0 Å². The van der Waals surface area contributed by atoms with E-state index in [9.17, 15) is 4.79 Å². The van der Waals surface area contributed by atoms with E-state index in [1.807, 2.05) is 0 Å². The Hall–Kier alpha value is -0.980. The molecular weight excluding hydrogens is 248 g/mol. The summed E-state index contributed by atoms with van der Waals surface area (Å²) in [6, 6.07) is 0.478. The number of thiazole rings is 1. The number of likely N-dealkylation sites (N-methyl/N-ethyl adjacent to an activating group) is 1. The molecule has 1 aromatic heterocycles. The van der Waals surface area contributed by atoms with Crippen LogP contribution in [0.5, 0.6) is 0 Å². The molecule has 1 aromatic rings. The Balaban J connectivity index is 1.84. The summed E-state index contributed by atoms with van der Waals surface area (Å²) in [7, 11) is 0. The van der Waals surface area contributed by atoms with E-state index in [-0.39, 0.29) is 5.91 Å². The van der Waals surface area contributed by atoms with Crippen molar-refractivity contribution in [3.05, 3.63) is 16.1 Å². The fourth-order valence-electron chi connectivity index (χ4n) is 2.35. The minimum Gasteiger partial charge on any atom is -0.349 e. The van der Waals surface area contributed by atoms with Gasteiger partial charge in [-0.3, -0.25) is 9.69 Å². The standard InChI is InChI=1S/C12H20N4OS/c1-2-16-5-3-4-9(16)7-14-12(17)10-8-18-11(6-13)15-10/h8-9H,2-7,13H2,1H3,(H,14,17). The SMILES string of the molecule is CCN1CCCC1CNC(=O)c1csc(CN)n1. The van der Waals surface area contributed by atoms with Crippen LogP contribution in [-0.2, 0) is 6.54 Å². The number of amides is 1. The number of aromatic nitrogens is 1. The molecule has 100 valence electrons. The maximum absolute atomic E-state index is 11.9. The molecule has 0 spiro atoms. The molecule has 1 unspecified atom stereocenters. The van der Waals surface area contributed by atoms with Crippen LogP contribution in [0.1, 0.15) is 35.3 Å². The van der Waals surface area contributed by atoms with Crippen LogP contribution in [-0.4, -0.2) is 41.5 Å². The minimum absolute atomic E-state index is 0.0890. The summed E-state index contributed by atoms with van der Waals surface area (Å²) in [5.74, 6) is -0.0890. The third kappa shape index (κ3) is 3.07. The molecule has 1 amide bonds. The molecule has 1 aliphatic heterocycles. The average molecular weight is 268 g/mol. The molecule has 0 radical (unpaired) electrons. The van der Waals surface area contributed by atoms with Gasteiger partial charge in [-0.2, -0.15) is 0 Å². The van der Waals surface area contributed by atoms with Crippen molar-refractivity contribution in [1.29, 1.82) is 0 Å². The topological polar surface area (TPSA) is 71.2 Å². The van der Waals surface area contributed by atoms with Crippen molar-refractivity contribution in [2.24, 2.45) is 5.73 Å². The molecule has 3 N–H and O–H groups in total. The predicted octanol–water partition coefficient (Wildman–Crippen LogP) is 0.816. The Bertz CT molecular complexity index is 407. The largest absolute Gasteiger partial charge is 0.349 e. The van der Waals surface area contributed by atoms with Crippen molar-refractivity contribution in [3.8, 4) is 0 Å². The van der Waals surface area contributed by atoms with Crippen molar-refractivity contribution in [3.63, 3.8) is 0 Å². The lowest BCUT2D eigenvalue weighted by Gasteiger charge is -2.22. The summed E-state index contributed by atoms with van der Waals surface area (Å²) in [5, 5.41) is 5.54. The first kappa shape index (κ1) is 13.5. The van der Waals surface area contributed by atoms with Crippen LogP contribution >= 0.6 is 11.3 Å². The second-order valence-corrected chi connectivity index (χ2v) is 5.41. The molecular formula is C12H20N4OS. The summed E-state index contributed by atoms with van der Waals surface area (Å²) in [6.07, 6.45) is 2.39. The number of nitrogens with two attached hydrogens (primary N) is 1. The summed E-state index contributed by atoms with van der Waals surface area (Å²) >= 11 is 1.43. The second kappa shape index (κ2) is 6.26. The van der Waals surface area contributed by atoms with E-state index in [1.54, 1.807) is 5.38 Å². The summed E-state index contributed by atoms with van der Waals surface area (Å²) < 4.78 is 0. The van der Waals surface area contributed by atoms with E-state index in [2.05, 4.69) is 22.1 Å². The highest BCUT2D eigenvalue weighted by Crippen LogP contribution is 2.16. The number of carbonyl (C=O) groups is 1. The van der Waals surface area contributed by atoms with E-state index < -0.39 is 0 Å². The molecule has 0 saturated carbocycles. The van der Waals surface area contributed by atoms with Gasteiger partial charge < -0.3 is 11.1 Å². The van der Waals surface area contributed by atoms with Gasteiger partial charge in [0, 0.05) is 24.5 Å². The Morgan fingerprint density at radius 1 is 1.72 bits per heavy atom. The van der Waals surface area contributed by atoms with E-state index in [0.717, 1.165) is 18.1 Å². The number of hydrogen-bond donors (Lipinski definition) is 2. The van der Waals surface area contributed by atoms with Crippen molar-refractivity contribution in [2.75, 3.05) is 19.6 Å². The zero-order valence-electron chi connectivity index (χ0n) is 10.7. The van der Waals surface area contributed by atoms with Crippen molar-refractivity contribution >= 4 is 17.2 Å². The molecule has 1 atom stereocenters. The number of nitrogens with one attached hydrogen (secondary N) is 1. The van der Waals surface area contributed by atoms with E-state index >= 15 is 0 Å². The summed E-state index contributed by atoms with van der Waals surface area (Å²) in [4.78, 5) is 18.5. The minimum atomic E-state index is -0.0890. The third-order valence-corrected chi connectivity index (χ3v) is 4.23. The maximum Gasteiger partial charge on any atom is 0.270 e. The van der Waals surface area contributed by atoms with Crippen LogP contribution < -0.4 is 11.1 Å². The molecule has 6 heteroatoms. The zero-order valence-corrected chi connectivity index (χ0v) is 11.5. The van der Waals surface area contributed by atoms with Gasteiger partial charge in [0.15, 0.2) is 0 Å². The number of hydrogen-bond acceptors (Lipinski definition) is 5. The van der Waals surface area contributed by atoms with Crippen LogP contribution in [0.2, 0.25) is 0 Å². The van der Waals surface area contributed by atoms with Gasteiger partial charge in [0.2, 0.25) is 0 Å². The van der Waals surface area contributed by atoms with E-state index in [1.165, 1.54) is 24.2 Å². The maximum atomic E-state index is 11.9. The van der Waals surface area contributed by atoms with Crippen LogP contribution in [0.15, 0.2) is 5.38 Å². The third-order valence-electron chi connectivity index (χ3n) is 3.36. The lowest BCUT2D eigenvalue weighted by atomic mass is 10.2. The highest BCUT2D eigenvalue weighted by atomic mass is 32.1. The molecule has 1 aliphatic rings. The van der Waals surface area contributed by atoms with Gasteiger partial charge in [-0.15, -0.1) is 11.3 Å². The Kier molecular flexibility index (Phi) is 4.68. The molecule has 18 heavy (non-hydrogen) atoms. The molecule has 1 saturated heterocycles. The van der Waals surface area contributed by atoms with E-state index in [0.29, 0.717) is 24.8 Å². The normalized spacial score (nSPS) is 20.2. The van der Waals surface area contributed by atoms with Gasteiger partial charge in [-0.25, -0.2) is 4.98 Å². The number of carbonyl (C=O) groups excluding carboxylic acids is 1. The molecule has 2 rings (SSSR count). The molecule has 0 aromatic carbocycles. The lowest BCUT2D eigenvalue weighted by Crippen LogP contribution is -2.40.